The molecule has 0 aliphatic carbocycles. The fourth-order valence-electron chi connectivity index (χ4n) is 2.61. The summed E-state index contributed by atoms with van der Waals surface area (Å²) in [5, 5.41) is 2.57. The van der Waals surface area contributed by atoms with Crippen molar-refractivity contribution in [1.82, 2.24) is 4.98 Å². The van der Waals surface area contributed by atoms with Gasteiger partial charge in [0, 0.05) is 29.6 Å². The van der Waals surface area contributed by atoms with Gasteiger partial charge in [-0.3, -0.25) is 4.79 Å². The monoisotopic (exact) mass is 387 g/mol. The van der Waals surface area contributed by atoms with Crippen LogP contribution in [0.4, 0.5) is 4.39 Å². The lowest BCUT2D eigenvalue weighted by molar-refractivity contribution is -0.117. The van der Waals surface area contributed by atoms with Crippen molar-refractivity contribution < 1.29 is 23.4 Å². The fraction of sp³-hybridized carbons (Fsp3) is 0.200. The van der Waals surface area contributed by atoms with Crippen molar-refractivity contribution >= 4 is 17.1 Å². The highest BCUT2D eigenvalue weighted by Gasteiger charge is 2.16. The predicted octanol–water partition coefficient (Wildman–Crippen LogP) is 4.45. The van der Waals surface area contributed by atoms with Gasteiger partial charge in [0.2, 0.25) is 5.75 Å². The molecule has 7 heteroatoms. The number of nitrogens with zero attached hydrogens (tertiary/aromatic N) is 1. The van der Waals surface area contributed by atoms with E-state index >= 15 is 0 Å². The van der Waals surface area contributed by atoms with E-state index in [1.54, 1.807) is 30.5 Å². The summed E-state index contributed by atoms with van der Waals surface area (Å²) in [5.41, 5.74) is 0.586. The molecule has 0 fully saturated rings. The molecule has 140 valence electrons. The van der Waals surface area contributed by atoms with Crippen molar-refractivity contribution in [2.75, 3.05) is 14.2 Å². The minimum absolute atomic E-state index is 0.0287. The Kier molecular flexibility index (Phi) is 6.03. The second kappa shape index (κ2) is 8.64. The fourth-order valence-corrected chi connectivity index (χ4v) is 3.25. The summed E-state index contributed by atoms with van der Waals surface area (Å²) < 4.78 is 30.3. The molecule has 0 radical (unpaired) electrons. The molecule has 0 saturated heterocycles. The van der Waals surface area contributed by atoms with Gasteiger partial charge in [0.05, 0.1) is 25.6 Å². The first kappa shape index (κ1) is 18.8. The van der Waals surface area contributed by atoms with Crippen LogP contribution >= 0.6 is 11.3 Å². The van der Waals surface area contributed by atoms with Gasteiger partial charge < -0.3 is 14.2 Å². The third kappa shape index (κ3) is 4.62. The quantitative estimate of drug-likeness (QED) is 0.572. The van der Waals surface area contributed by atoms with Crippen LogP contribution in [0.1, 0.15) is 10.6 Å². The molecular formula is C20H18FNO4S. The highest BCUT2D eigenvalue weighted by Crippen LogP contribution is 2.40. The Hall–Kier alpha value is -2.93. The second-order valence-electron chi connectivity index (χ2n) is 5.66. The van der Waals surface area contributed by atoms with Gasteiger partial charge >= 0.3 is 0 Å². The molecule has 27 heavy (non-hydrogen) atoms. The highest BCUT2D eigenvalue weighted by atomic mass is 32.1. The molecule has 1 heterocycles. The summed E-state index contributed by atoms with van der Waals surface area (Å²) in [4.78, 5) is 16.5. The molecule has 0 aliphatic heterocycles. The summed E-state index contributed by atoms with van der Waals surface area (Å²) in [7, 11) is 3.02. The van der Waals surface area contributed by atoms with Gasteiger partial charge in [0.15, 0.2) is 11.5 Å². The van der Waals surface area contributed by atoms with Crippen molar-refractivity contribution in [2.24, 2.45) is 0 Å². The maximum atomic E-state index is 13.8. The van der Waals surface area contributed by atoms with Crippen LogP contribution in [0.15, 0.2) is 48.0 Å². The lowest BCUT2D eigenvalue weighted by atomic mass is 10.1. The summed E-state index contributed by atoms with van der Waals surface area (Å²) in [6, 6.07) is 9.27. The number of benzene rings is 2. The SMILES string of the molecule is COc1cccc(Oc2cc(F)ccc2CC(=O)Cc2nccs2)c1OC. The average Bonchev–Trinajstić information content (AvgIpc) is 3.16. The molecule has 0 amide bonds. The molecule has 0 aliphatic rings. The van der Waals surface area contributed by atoms with Crippen LogP contribution < -0.4 is 14.2 Å². The van der Waals surface area contributed by atoms with Crippen LogP contribution in [0.3, 0.4) is 0 Å². The third-order valence-corrected chi connectivity index (χ3v) is 4.62. The number of thiazole rings is 1. The molecule has 0 spiro atoms. The maximum Gasteiger partial charge on any atom is 0.203 e. The minimum Gasteiger partial charge on any atom is -0.493 e. The Morgan fingerprint density at radius 2 is 1.89 bits per heavy atom. The zero-order chi connectivity index (χ0) is 19.2. The number of hydrogen-bond donors (Lipinski definition) is 0. The van der Waals surface area contributed by atoms with Crippen LogP contribution in [-0.4, -0.2) is 25.0 Å². The van der Waals surface area contributed by atoms with E-state index in [4.69, 9.17) is 14.2 Å². The van der Waals surface area contributed by atoms with Gasteiger partial charge in [0.25, 0.3) is 0 Å². The number of aromatic nitrogens is 1. The zero-order valence-corrected chi connectivity index (χ0v) is 15.7. The number of ketones is 1. The van der Waals surface area contributed by atoms with Crippen LogP contribution in [0, 0.1) is 5.82 Å². The number of rotatable bonds is 8. The van der Waals surface area contributed by atoms with Gasteiger partial charge in [-0.15, -0.1) is 11.3 Å². The Balaban J connectivity index is 1.85. The van der Waals surface area contributed by atoms with E-state index < -0.39 is 5.82 Å². The highest BCUT2D eigenvalue weighted by molar-refractivity contribution is 7.09. The lowest BCUT2D eigenvalue weighted by Crippen LogP contribution is -2.07. The minimum atomic E-state index is -0.456. The Morgan fingerprint density at radius 1 is 1.07 bits per heavy atom. The number of ether oxygens (including phenoxy) is 3. The number of carbonyl (C=O) groups is 1. The predicted molar refractivity (Wildman–Crippen MR) is 101 cm³/mol. The molecule has 1 aromatic heterocycles. The summed E-state index contributed by atoms with van der Waals surface area (Å²) in [6.45, 7) is 0. The first-order valence-electron chi connectivity index (χ1n) is 8.18. The number of carbonyl (C=O) groups excluding carboxylic acids is 1. The number of halogens is 1. The molecule has 0 saturated carbocycles. The molecule has 3 aromatic rings. The van der Waals surface area contributed by atoms with Gasteiger partial charge in [-0.2, -0.15) is 0 Å². The van der Waals surface area contributed by atoms with E-state index in [2.05, 4.69) is 4.98 Å². The van der Waals surface area contributed by atoms with Gasteiger partial charge in [0.1, 0.15) is 17.3 Å². The molecule has 5 nitrogen and oxygen atoms in total. The van der Waals surface area contributed by atoms with E-state index in [0.717, 1.165) is 5.01 Å². The van der Waals surface area contributed by atoms with E-state index in [0.29, 0.717) is 22.8 Å². The van der Waals surface area contributed by atoms with Crippen LogP contribution in [-0.2, 0) is 17.6 Å². The standard InChI is InChI=1S/C20H18FNO4S/c1-24-16-4-3-5-17(20(16)25-2)26-18-11-14(21)7-6-13(18)10-15(23)12-19-22-8-9-27-19/h3-9,11H,10,12H2,1-2H3. The van der Waals surface area contributed by atoms with Crippen molar-refractivity contribution in [3.8, 4) is 23.0 Å². The smallest absolute Gasteiger partial charge is 0.203 e. The van der Waals surface area contributed by atoms with Crippen molar-refractivity contribution in [3.63, 3.8) is 0 Å². The zero-order valence-electron chi connectivity index (χ0n) is 14.9. The Morgan fingerprint density at radius 3 is 2.59 bits per heavy atom. The number of Topliss-reactive ketones (excluding diaryl/α,β-unsaturated/α-hetero) is 1. The van der Waals surface area contributed by atoms with E-state index in [1.807, 2.05) is 5.38 Å². The van der Waals surface area contributed by atoms with Gasteiger partial charge in [-0.05, 0) is 18.2 Å². The lowest BCUT2D eigenvalue weighted by Gasteiger charge is -2.15. The number of hydrogen-bond acceptors (Lipinski definition) is 6. The van der Waals surface area contributed by atoms with E-state index in [9.17, 15) is 9.18 Å². The second-order valence-corrected chi connectivity index (χ2v) is 6.64. The Labute approximate surface area is 160 Å². The molecular weight excluding hydrogens is 369 g/mol. The number of methoxy groups -OCH3 is 2. The van der Waals surface area contributed by atoms with E-state index in [-0.39, 0.29) is 24.4 Å². The first-order valence-corrected chi connectivity index (χ1v) is 9.06. The normalized spacial score (nSPS) is 10.5. The summed E-state index contributed by atoms with van der Waals surface area (Å²) >= 11 is 1.43. The van der Waals surface area contributed by atoms with Crippen molar-refractivity contribution in [1.29, 1.82) is 0 Å². The average molecular weight is 387 g/mol. The summed E-state index contributed by atoms with van der Waals surface area (Å²) in [5.74, 6) is 1.03. The molecule has 0 atom stereocenters. The molecule has 0 bridgehead atoms. The first-order chi connectivity index (χ1) is 13.1. The molecule has 0 unspecified atom stereocenters. The number of para-hydroxylation sites is 1. The van der Waals surface area contributed by atoms with Crippen molar-refractivity contribution in [2.45, 2.75) is 12.8 Å². The molecule has 2 aromatic carbocycles. The molecule has 3 rings (SSSR count). The van der Waals surface area contributed by atoms with Crippen molar-refractivity contribution in [3.05, 3.63) is 64.4 Å². The topological polar surface area (TPSA) is 57.7 Å². The van der Waals surface area contributed by atoms with Crippen LogP contribution in [0.5, 0.6) is 23.0 Å². The third-order valence-electron chi connectivity index (χ3n) is 3.84. The van der Waals surface area contributed by atoms with Gasteiger partial charge in [-0.1, -0.05) is 12.1 Å². The maximum absolute atomic E-state index is 13.8. The Bertz CT molecular complexity index is 928. The largest absolute Gasteiger partial charge is 0.493 e. The van der Waals surface area contributed by atoms with Crippen LogP contribution in [0.25, 0.3) is 0 Å². The van der Waals surface area contributed by atoms with Crippen LogP contribution in [0.2, 0.25) is 0 Å². The van der Waals surface area contributed by atoms with E-state index in [1.165, 1.54) is 37.7 Å². The molecule has 0 N–H and O–H groups in total. The van der Waals surface area contributed by atoms with Gasteiger partial charge in [-0.25, -0.2) is 9.37 Å². The summed E-state index contributed by atoms with van der Waals surface area (Å²) in [6.07, 6.45) is 2.01.